The van der Waals surface area contributed by atoms with Crippen molar-refractivity contribution in [1.29, 1.82) is 0 Å². The number of hydrogen-bond donors (Lipinski definition) is 3. The maximum absolute atomic E-state index is 13.0. The van der Waals surface area contributed by atoms with Gasteiger partial charge in [0.05, 0.1) is 4.90 Å². The number of aliphatic carboxylic acids is 1. The van der Waals surface area contributed by atoms with Crippen LogP contribution in [0.25, 0.3) is 11.1 Å². The van der Waals surface area contributed by atoms with Crippen LogP contribution < -0.4 is 10.0 Å². The predicted molar refractivity (Wildman–Crippen MR) is 138 cm³/mol. The van der Waals surface area contributed by atoms with E-state index in [-0.39, 0.29) is 4.90 Å². The molecule has 0 aliphatic carbocycles. The summed E-state index contributed by atoms with van der Waals surface area (Å²) in [5.41, 5.74) is 4.30. The molecule has 7 nitrogen and oxygen atoms in total. The number of nitrogens with one attached hydrogen (secondary N) is 2. The van der Waals surface area contributed by atoms with Crippen LogP contribution in [-0.4, -0.2) is 31.4 Å². The zero-order valence-corrected chi connectivity index (χ0v) is 21.4. The Hall–Kier alpha value is -3.36. The molecule has 0 unspecified atom stereocenters. The zero-order chi connectivity index (χ0) is 25.9. The van der Waals surface area contributed by atoms with Crippen molar-refractivity contribution in [2.75, 3.05) is 4.72 Å². The first-order valence-corrected chi connectivity index (χ1v) is 12.9. The molecule has 0 spiro atoms. The summed E-state index contributed by atoms with van der Waals surface area (Å²) in [4.78, 5) is 23.8. The number of carbonyl (C=O) groups excluding carboxylic acids is 1. The van der Waals surface area contributed by atoms with Gasteiger partial charge in [0.15, 0.2) is 0 Å². The van der Waals surface area contributed by atoms with Gasteiger partial charge in [-0.25, -0.2) is 8.42 Å². The third-order valence-corrected chi connectivity index (χ3v) is 7.57. The molecule has 0 aromatic heterocycles. The van der Waals surface area contributed by atoms with E-state index in [1.54, 1.807) is 56.3 Å². The van der Waals surface area contributed by atoms with Crippen LogP contribution in [0.5, 0.6) is 0 Å². The Morgan fingerprint density at radius 2 is 1.69 bits per heavy atom. The fraction of sp³-hybridized carbons (Fsp3) is 0.231. The predicted octanol–water partition coefficient (Wildman–Crippen LogP) is 5.19. The van der Waals surface area contributed by atoms with E-state index in [9.17, 15) is 18.0 Å². The largest absolute Gasteiger partial charge is 0.480 e. The summed E-state index contributed by atoms with van der Waals surface area (Å²) in [6.45, 7) is 6.74. The number of rotatable bonds is 8. The third-order valence-electron chi connectivity index (χ3n) is 5.64. The topological polar surface area (TPSA) is 113 Å². The fourth-order valence-corrected chi connectivity index (χ4v) is 5.22. The van der Waals surface area contributed by atoms with Crippen LogP contribution in [0.2, 0.25) is 5.02 Å². The van der Waals surface area contributed by atoms with Crippen LogP contribution in [-0.2, 0) is 21.2 Å². The Labute approximate surface area is 210 Å². The second-order valence-electron chi connectivity index (χ2n) is 8.31. The van der Waals surface area contributed by atoms with Gasteiger partial charge in [-0.1, -0.05) is 42.8 Å². The van der Waals surface area contributed by atoms with Crippen molar-refractivity contribution in [2.45, 2.75) is 45.1 Å². The minimum absolute atomic E-state index is 0.157. The zero-order valence-electron chi connectivity index (χ0n) is 19.8. The Morgan fingerprint density at radius 3 is 2.34 bits per heavy atom. The maximum Gasteiger partial charge on any atom is 0.325 e. The van der Waals surface area contributed by atoms with Crippen LogP contribution in [0.1, 0.15) is 40.9 Å². The lowest BCUT2D eigenvalue weighted by Gasteiger charge is -2.15. The number of hydrogen-bond acceptors (Lipinski definition) is 4. The highest BCUT2D eigenvalue weighted by Gasteiger charge is 2.20. The first-order valence-electron chi connectivity index (χ1n) is 11.0. The van der Waals surface area contributed by atoms with Gasteiger partial charge < -0.3 is 10.4 Å². The molecule has 1 amide bonds. The van der Waals surface area contributed by atoms with Crippen molar-refractivity contribution < 1.29 is 23.1 Å². The van der Waals surface area contributed by atoms with Gasteiger partial charge in [-0.15, -0.1) is 0 Å². The number of sulfonamides is 1. The number of carbonyl (C=O) groups is 2. The second-order valence-corrected chi connectivity index (χ2v) is 10.4. The lowest BCUT2D eigenvalue weighted by atomic mass is 9.97. The Morgan fingerprint density at radius 1 is 1.00 bits per heavy atom. The molecule has 0 aliphatic rings. The molecule has 0 aliphatic heterocycles. The molecule has 0 saturated carbocycles. The highest BCUT2D eigenvalue weighted by atomic mass is 35.5. The summed E-state index contributed by atoms with van der Waals surface area (Å²) in [5.74, 6) is -1.57. The highest BCUT2D eigenvalue weighted by Crippen LogP contribution is 2.29. The number of anilines is 1. The van der Waals surface area contributed by atoms with Crippen LogP contribution in [0.3, 0.4) is 0 Å². The SMILES string of the molecule is CCc1cc(-c2cccc(NS(=O)(=O)c3cc(C)c(Cl)cc3C)c2)ccc1C(=O)N[C@@H](C)C(=O)O. The van der Waals surface area contributed by atoms with E-state index in [0.29, 0.717) is 33.8 Å². The van der Waals surface area contributed by atoms with Crippen molar-refractivity contribution in [1.82, 2.24) is 5.32 Å². The van der Waals surface area contributed by atoms with Gasteiger partial charge >= 0.3 is 5.97 Å². The molecule has 3 aromatic rings. The summed E-state index contributed by atoms with van der Waals surface area (Å²) < 4.78 is 28.7. The van der Waals surface area contributed by atoms with Crippen molar-refractivity contribution >= 4 is 39.2 Å². The standard InChI is InChI=1S/C26H27ClN2O5S/c1-5-18-13-20(9-10-22(18)25(30)28-17(4)26(31)32)19-7-6-8-21(14-19)29-35(33,34)24-12-15(2)23(27)11-16(24)3/h6-14,17,29H,5H2,1-4H3,(H,28,30)(H,31,32)/t17-/m0/s1. The number of carboxylic acids is 1. The van der Waals surface area contributed by atoms with Gasteiger partial charge in [-0.05, 0) is 85.3 Å². The number of aryl methyl sites for hydroxylation is 3. The summed E-state index contributed by atoms with van der Waals surface area (Å²) in [5, 5.41) is 12.0. The number of benzene rings is 3. The lowest BCUT2D eigenvalue weighted by Crippen LogP contribution is -2.38. The van der Waals surface area contributed by atoms with E-state index >= 15 is 0 Å². The first kappa shape index (κ1) is 26.2. The molecular weight excluding hydrogens is 488 g/mol. The highest BCUT2D eigenvalue weighted by molar-refractivity contribution is 7.92. The Kier molecular flexibility index (Phi) is 7.87. The van der Waals surface area contributed by atoms with E-state index < -0.39 is 27.9 Å². The molecule has 35 heavy (non-hydrogen) atoms. The smallest absolute Gasteiger partial charge is 0.325 e. The van der Waals surface area contributed by atoms with Crippen LogP contribution in [0.15, 0.2) is 59.5 Å². The molecule has 0 radical (unpaired) electrons. The van der Waals surface area contributed by atoms with Crippen molar-refractivity contribution in [2.24, 2.45) is 0 Å². The molecule has 0 saturated heterocycles. The molecule has 1 atom stereocenters. The normalized spacial score (nSPS) is 12.1. The monoisotopic (exact) mass is 514 g/mol. The molecule has 9 heteroatoms. The molecule has 3 N–H and O–H groups in total. The molecule has 3 aromatic carbocycles. The minimum atomic E-state index is -3.84. The minimum Gasteiger partial charge on any atom is -0.480 e. The Balaban J connectivity index is 1.90. The number of amides is 1. The van der Waals surface area contributed by atoms with Gasteiger partial charge in [0.2, 0.25) is 0 Å². The van der Waals surface area contributed by atoms with Crippen molar-refractivity contribution in [3.05, 3.63) is 81.9 Å². The molecule has 184 valence electrons. The van der Waals surface area contributed by atoms with Crippen LogP contribution >= 0.6 is 11.6 Å². The fourth-order valence-electron chi connectivity index (χ4n) is 3.64. The average molecular weight is 515 g/mol. The lowest BCUT2D eigenvalue weighted by molar-refractivity contribution is -0.138. The number of halogens is 1. The van der Waals surface area contributed by atoms with Crippen molar-refractivity contribution in [3.63, 3.8) is 0 Å². The molecule has 3 rings (SSSR count). The molecule has 0 heterocycles. The van der Waals surface area contributed by atoms with E-state index in [2.05, 4.69) is 10.0 Å². The van der Waals surface area contributed by atoms with E-state index in [1.165, 1.54) is 6.92 Å². The van der Waals surface area contributed by atoms with Crippen LogP contribution in [0.4, 0.5) is 5.69 Å². The van der Waals surface area contributed by atoms with Gasteiger partial charge in [0, 0.05) is 16.3 Å². The maximum atomic E-state index is 13.0. The third kappa shape index (κ3) is 6.01. The van der Waals surface area contributed by atoms with Gasteiger partial charge in [0.1, 0.15) is 6.04 Å². The summed E-state index contributed by atoms with van der Waals surface area (Å²) in [7, 11) is -3.84. The summed E-state index contributed by atoms with van der Waals surface area (Å²) in [6, 6.07) is 14.4. The average Bonchev–Trinajstić information content (AvgIpc) is 2.80. The first-order chi connectivity index (χ1) is 16.4. The van der Waals surface area contributed by atoms with E-state index in [1.807, 2.05) is 19.1 Å². The van der Waals surface area contributed by atoms with Crippen LogP contribution in [0, 0.1) is 13.8 Å². The molecular formula is C26H27ClN2O5S. The van der Waals surface area contributed by atoms with Crippen molar-refractivity contribution in [3.8, 4) is 11.1 Å². The Bertz CT molecular complexity index is 1400. The summed E-state index contributed by atoms with van der Waals surface area (Å²) >= 11 is 6.11. The van der Waals surface area contributed by atoms with E-state index in [4.69, 9.17) is 16.7 Å². The van der Waals surface area contributed by atoms with E-state index in [0.717, 1.165) is 16.7 Å². The van der Waals surface area contributed by atoms with Gasteiger partial charge in [-0.2, -0.15) is 0 Å². The number of carboxylic acid groups (broad SMARTS) is 1. The quantitative estimate of drug-likeness (QED) is 0.383. The second kappa shape index (κ2) is 10.5. The molecule has 0 bridgehead atoms. The summed E-state index contributed by atoms with van der Waals surface area (Å²) in [6.07, 6.45) is 0.555. The van der Waals surface area contributed by atoms with Gasteiger partial charge in [-0.3, -0.25) is 14.3 Å². The molecule has 0 fully saturated rings. The van der Waals surface area contributed by atoms with Gasteiger partial charge in [0.25, 0.3) is 15.9 Å².